The molecule has 0 atom stereocenters. The average Bonchev–Trinajstić information content (AvgIpc) is 3.31. The zero-order chi connectivity index (χ0) is 21.3. The van der Waals surface area contributed by atoms with Crippen LogP contribution >= 0.6 is 0 Å². The molecule has 0 spiro atoms. The normalized spacial score (nSPS) is 10.3. The molecule has 9 nitrogen and oxygen atoms in total. The van der Waals surface area contributed by atoms with Gasteiger partial charge in [0.25, 0.3) is 5.91 Å². The topological polar surface area (TPSA) is 115 Å². The first-order valence-electron chi connectivity index (χ1n) is 9.33. The second-order valence-electron chi connectivity index (χ2n) is 6.30. The van der Waals surface area contributed by atoms with Gasteiger partial charge in [-0.15, -0.1) is 0 Å². The third kappa shape index (κ3) is 5.51. The fraction of sp³-hybridized carbons (Fsp3) is 0.190. The van der Waals surface area contributed by atoms with E-state index >= 15 is 0 Å². The standard InChI is InChI=1S/C21H21N5O4/c1-2-15-5-3-4-6-18(15)25-19(27)11-23-20(28)12-30-21(29)16-7-9-17(10-8-16)26-14-22-13-24-26/h3-10,13-14H,2,11-12H2,1H3,(H,23,28)(H,25,27). The van der Waals surface area contributed by atoms with E-state index in [-0.39, 0.29) is 12.5 Å². The van der Waals surface area contributed by atoms with Crippen molar-refractivity contribution in [3.05, 3.63) is 72.3 Å². The molecule has 0 unspecified atom stereocenters. The van der Waals surface area contributed by atoms with Gasteiger partial charge in [0.2, 0.25) is 5.91 Å². The molecule has 1 aromatic heterocycles. The lowest BCUT2D eigenvalue weighted by Gasteiger charge is -2.10. The predicted octanol–water partition coefficient (Wildman–Crippen LogP) is 1.74. The highest BCUT2D eigenvalue weighted by Gasteiger charge is 2.12. The van der Waals surface area contributed by atoms with Gasteiger partial charge < -0.3 is 15.4 Å². The molecule has 2 amide bonds. The van der Waals surface area contributed by atoms with Crippen LogP contribution in [0.1, 0.15) is 22.8 Å². The van der Waals surface area contributed by atoms with Crippen LogP contribution in [0, 0.1) is 0 Å². The number of aryl methyl sites for hydroxylation is 1. The van der Waals surface area contributed by atoms with Gasteiger partial charge in [0, 0.05) is 5.69 Å². The van der Waals surface area contributed by atoms with Crippen LogP contribution in [-0.2, 0) is 20.7 Å². The smallest absolute Gasteiger partial charge is 0.338 e. The largest absolute Gasteiger partial charge is 0.452 e. The minimum absolute atomic E-state index is 0.221. The molecular formula is C21H21N5O4. The van der Waals surface area contributed by atoms with Crippen molar-refractivity contribution in [3.63, 3.8) is 0 Å². The van der Waals surface area contributed by atoms with Gasteiger partial charge >= 0.3 is 5.97 Å². The molecule has 30 heavy (non-hydrogen) atoms. The van der Waals surface area contributed by atoms with Crippen molar-refractivity contribution < 1.29 is 19.1 Å². The first kappa shape index (κ1) is 20.7. The molecule has 2 N–H and O–H groups in total. The Bertz CT molecular complexity index is 1020. The highest BCUT2D eigenvalue weighted by Crippen LogP contribution is 2.15. The number of esters is 1. The Morgan fingerprint density at radius 1 is 1.03 bits per heavy atom. The molecule has 0 fully saturated rings. The van der Waals surface area contributed by atoms with E-state index in [9.17, 15) is 14.4 Å². The summed E-state index contributed by atoms with van der Waals surface area (Å²) in [4.78, 5) is 39.8. The number of para-hydroxylation sites is 1. The second-order valence-corrected chi connectivity index (χ2v) is 6.30. The van der Waals surface area contributed by atoms with Gasteiger partial charge in [-0.25, -0.2) is 14.5 Å². The summed E-state index contributed by atoms with van der Waals surface area (Å²) in [5, 5.41) is 9.17. The maximum atomic E-state index is 12.1. The summed E-state index contributed by atoms with van der Waals surface area (Å²) in [6.45, 7) is 1.28. The van der Waals surface area contributed by atoms with Gasteiger partial charge in [-0.3, -0.25) is 9.59 Å². The molecule has 0 aliphatic carbocycles. The molecule has 0 aliphatic heterocycles. The number of rotatable bonds is 8. The Morgan fingerprint density at radius 2 is 1.80 bits per heavy atom. The fourth-order valence-electron chi connectivity index (χ4n) is 2.68. The van der Waals surface area contributed by atoms with E-state index in [1.165, 1.54) is 12.7 Å². The number of carbonyl (C=O) groups is 3. The van der Waals surface area contributed by atoms with Gasteiger partial charge in [-0.2, -0.15) is 5.10 Å². The third-order valence-corrected chi connectivity index (χ3v) is 4.24. The van der Waals surface area contributed by atoms with Crippen molar-refractivity contribution in [2.75, 3.05) is 18.5 Å². The number of amides is 2. The zero-order valence-electron chi connectivity index (χ0n) is 16.4. The van der Waals surface area contributed by atoms with Crippen LogP contribution in [0.2, 0.25) is 0 Å². The minimum Gasteiger partial charge on any atom is -0.452 e. The maximum absolute atomic E-state index is 12.1. The minimum atomic E-state index is -0.642. The van der Waals surface area contributed by atoms with Crippen LogP contribution in [0.25, 0.3) is 5.69 Å². The molecule has 0 saturated heterocycles. The van der Waals surface area contributed by atoms with Gasteiger partial charge in [0.15, 0.2) is 6.61 Å². The van der Waals surface area contributed by atoms with Crippen LogP contribution < -0.4 is 10.6 Å². The van der Waals surface area contributed by atoms with E-state index in [2.05, 4.69) is 20.7 Å². The molecule has 0 radical (unpaired) electrons. The number of benzene rings is 2. The van der Waals surface area contributed by atoms with Crippen molar-refractivity contribution in [2.24, 2.45) is 0 Å². The van der Waals surface area contributed by atoms with Crippen molar-refractivity contribution >= 4 is 23.5 Å². The second kappa shape index (κ2) is 9.97. The van der Waals surface area contributed by atoms with Gasteiger partial charge in [0.1, 0.15) is 12.7 Å². The Labute approximate surface area is 173 Å². The lowest BCUT2D eigenvalue weighted by atomic mass is 10.1. The lowest BCUT2D eigenvalue weighted by Crippen LogP contribution is -2.35. The van der Waals surface area contributed by atoms with Crippen molar-refractivity contribution in [2.45, 2.75) is 13.3 Å². The van der Waals surface area contributed by atoms with Crippen molar-refractivity contribution in [1.29, 1.82) is 0 Å². The Kier molecular flexibility index (Phi) is 6.88. The molecule has 9 heteroatoms. The van der Waals surface area contributed by atoms with Crippen LogP contribution in [-0.4, -0.2) is 45.7 Å². The summed E-state index contributed by atoms with van der Waals surface area (Å²) in [6.07, 6.45) is 3.72. The van der Waals surface area contributed by atoms with Crippen LogP contribution in [0.15, 0.2) is 61.2 Å². The first-order valence-corrected chi connectivity index (χ1v) is 9.33. The third-order valence-electron chi connectivity index (χ3n) is 4.24. The maximum Gasteiger partial charge on any atom is 0.338 e. The molecule has 0 bridgehead atoms. The van der Waals surface area contributed by atoms with Crippen molar-refractivity contribution in [3.8, 4) is 5.69 Å². The van der Waals surface area contributed by atoms with Crippen LogP contribution in [0.4, 0.5) is 5.69 Å². The van der Waals surface area contributed by atoms with E-state index in [0.717, 1.165) is 17.7 Å². The first-order chi connectivity index (χ1) is 14.6. The number of nitrogens with zero attached hydrogens (tertiary/aromatic N) is 3. The van der Waals surface area contributed by atoms with Crippen molar-refractivity contribution in [1.82, 2.24) is 20.1 Å². The van der Waals surface area contributed by atoms with Gasteiger partial charge in [-0.1, -0.05) is 25.1 Å². The Hall–Kier alpha value is -4.01. The Morgan fingerprint density at radius 3 is 2.50 bits per heavy atom. The Balaban J connectivity index is 1.43. The van der Waals surface area contributed by atoms with Gasteiger partial charge in [0.05, 0.1) is 17.8 Å². The zero-order valence-corrected chi connectivity index (χ0v) is 16.4. The molecule has 0 saturated carbocycles. The van der Waals surface area contributed by atoms with E-state index in [4.69, 9.17) is 4.74 Å². The number of hydrogen-bond donors (Lipinski definition) is 2. The lowest BCUT2D eigenvalue weighted by molar-refractivity contribution is -0.126. The van der Waals surface area contributed by atoms with Crippen LogP contribution in [0.5, 0.6) is 0 Å². The fourth-order valence-corrected chi connectivity index (χ4v) is 2.68. The number of ether oxygens (including phenoxy) is 1. The monoisotopic (exact) mass is 407 g/mol. The number of nitrogens with one attached hydrogen (secondary N) is 2. The number of carbonyl (C=O) groups excluding carboxylic acids is 3. The van der Waals surface area contributed by atoms with E-state index in [1.807, 2.05) is 25.1 Å². The molecule has 3 rings (SSSR count). The SMILES string of the molecule is CCc1ccccc1NC(=O)CNC(=O)COC(=O)c1ccc(-n2cncn2)cc1. The number of anilines is 1. The molecule has 0 aliphatic rings. The van der Waals surface area contributed by atoms with E-state index in [1.54, 1.807) is 35.0 Å². The van der Waals surface area contributed by atoms with E-state index in [0.29, 0.717) is 11.3 Å². The summed E-state index contributed by atoms with van der Waals surface area (Å²) in [5.74, 6) is -1.57. The van der Waals surface area contributed by atoms with Gasteiger partial charge in [-0.05, 0) is 42.3 Å². The number of hydrogen-bond acceptors (Lipinski definition) is 6. The highest BCUT2D eigenvalue weighted by atomic mass is 16.5. The number of aromatic nitrogens is 3. The summed E-state index contributed by atoms with van der Waals surface area (Å²) in [6, 6.07) is 13.9. The molecule has 1 heterocycles. The average molecular weight is 407 g/mol. The highest BCUT2D eigenvalue weighted by molar-refractivity contribution is 5.96. The summed E-state index contributed by atoms with van der Waals surface area (Å²) in [7, 11) is 0. The summed E-state index contributed by atoms with van der Waals surface area (Å²) in [5.41, 5.74) is 2.74. The summed E-state index contributed by atoms with van der Waals surface area (Å²) < 4.78 is 6.54. The molecular weight excluding hydrogens is 386 g/mol. The molecule has 3 aromatic rings. The summed E-state index contributed by atoms with van der Waals surface area (Å²) >= 11 is 0. The quantitative estimate of drug-likeness (QED) is 0.550. The van der Waals surface area contributed by atoms with Crippen LogP contribution in [0.3, 0.4) is 0 Å². The molecule has 154 valence electrons. The van der Waals surface area contributed by atoms with E-state index < -0.39 is 18.5 Å². The predicted molar refractivity (Wildman–Crippen MR) is 109 cm³/mol. The molecule has 2 aromatic carbocycles.